The van der Waals surface area contributed by atoms with Crippen molar-refractivity contribution >= 4 is 22.1 Å². The molecule has 2 aromatic carbocycles. The number of halogens is 2. The third-order valence-corrected chi connectivity index (χ3v) is 5.59. The molecule has 1 heterocycles. The van der Waals surface area contributed by atoms with E-state index in [-0.39, 0.29) is 23.8 Å². The van der Waals surface area contributed by atoms with Gasteiger partial charge >= 0.3 is 12.6 Å². The van der Waals surface area contributed by atoms with E-state index in [2.05, 4.69) is 9.46 Å². The van der Waals surface area contributed by atoms with Crippen LogP contribution in [-0.2, 0) is 32.7 Å². The fourth-order valence-electron chi connectivity index (χ4n) is 2.62. The van der Waals surface area contributed by atoms with Crippen LogP contribution >= 0.6 is 0 Å². The smallest absolute Gasteiger partial charge is 0.387 e. The molecule has 3 aromatic rings. The zero-order chi connectivity index (χ0) is 23.0. The number of sulfonamides is 1. The van der Waals surface area contributed by atoms with E-state index in [1.165, 1.54) is 54.8 Å². The summed E-state index contributed by atoms with van der Waals surface area (Å²) in [6.45, 7) is -3.21. The van der Waals surface area contributed by atoms with Gasteiger partial charge in [-0.25, -0.2) is 17.9 Å². The Balaban J connectivity index is 1.55. The van der Waals surface area contributed by atoms with Crippen LogP contribution < -0.4 is 9.46 Å². The van der Waals surface area contributed by atoms with Crippen molar-refractivity contribution in [3.63, 3.8) is 0 Å². The van der Waals surface area contributed by atoms with Crippen molar-refractivity contribution in [3.8, 4) is 5.75 Å². The number of esters is 1. The van der Waals surface area contributed by atoms with E-state index in [0.717, 1.165) is 6.08 Å². The van der Waals surface area contributed by atoms with Crippen LogP contribution in [0.3, 0.4) is 0 Å². The van der Waals surface area contributed by atoms with Gasteiger partial charge in [0.05, 0.1) is 17.7 Å². The number of benzene rings is 2. The standard InChI is InChI=1S/C22H19F2NO6S/c23-22(24)31-20-6-2-1-4-17(20)15-30-21(26)12-9-16-7-10-19(11-8-16)32(27,28)25-14-18-5-3-13-29-18/h1-13,22,25H,14-15H2/b12-9+. The molecule has 10 heteroatoms. The minimum absolute atomic E-state index is 0.0221. The number of hydrogen-bond acceptors (Lipinski definition) is 6. The predicted molar refractivity (Wildman–Crippen MR) is 111 cm³/mol. The lowest BCUT2D eigenvalue weighted by molar-refractivity contribution is -0.139. The molecule has 0 aliphatic heterocycles. The zero-order valence-corrected chi connectivity index (χ0v) is 17.4. The van der Waals surface area contributed by atoms with Crippen LogP contribution in [0, 0.1) is 0 Å². The molecule has 7 nitrogen and oxygen atoms in total. The van der Waals surface area contributed by atoms with Gasteiger partial charge in [-0.2, -0.15) is 8.78 Å². The lowest BCUT2D eigenvalue weighted by atomic mass is 10.2. The molecule has 0 aliphatic carbocycles. The van der Waals surface area contributed by atoms with Gasteiger partial charge in [0.15, 0.2) is 0 Å². The number of nitrogens with one attached hydrogen (secondary N) is 1. The molecule has 0 radical (unpaired) electrons. The van der Waals surface area contributed by atoms with Gasteiger partial charge in [0.1, 0.15) is 18.1 Å². The number of rotatable bonds is 10. The molecule has 3 rings (SSSR count). The van der Waals surface area contributed by atoms with E-state index < -0.39 is 22.6 Å². The minimum Gasteiger partial charge on any atom is -0.468 e. The fourth-order valence-corrected chi connectivity index (χ4v) is 3.61. The normalized spacial score (nSPS) is 11.7. The Kier molecular flexibility index (Phi) is 7.74. The van der Waals surface area contributed by atoms with Crippen LogP contribution in [0.25, 0.3) is 6.08 Å². The molecule has 0 saturated carbocycles. The maximum absolute atomic E-state index is 12.4. The Morgan fingerprint density at radius 2 is 1.81 bits per heavy atom. The van der Waals surface area contributed by atoms with E-state index in [1.54, 1.807) is 18.2 Å². The number of para-hydroxylation sites is 1. The van der Waals surface area contributed by atoms with Crippen LogP contribution in [0.5, 0.6) is 5.75 Å². The highest BCUT2D eigenvalue weighted by Gasteiger charge is 2.14. The summed E-state index contributed by atoms with van der Waals surface area (Å²) in [7, 11) is -3.73. The average molecular weight is 463 g/mol. The Hall–Kier alpha value is -3.50. The Morgan fingerprint density at radius 1 is 1.06 bits per heavy atom. The summed E-state index contributed by atoms with van der Waals surface area (Å²) in [5.41, 5.74) is 0.861. The largest absolute Gasteiger partial charge is 0.468 e. The number of furan rings is 1. The molecule has 1 aromatic heterocycles. The minimum atomic E-state index is -3.73. The molecule has 168 valence electrons. The quantitative estimate of drug-likeness (QED) is 0.359. The van der Waals surface area contributed by atoms with Gasteiger partial charge in [0.2, 0.25) is 10.0 Å². The van der Waals surface area contributed by atoms with Gasteiger partial charge in [-0.15, -0.1) is 0 Å². The van der Waals surface area contributed by atoms with Crippen molar-refractivity contribution in [1.82, 2.24) is 4.72 Å². The third-order valence-electron chi connectivity index (χ3n) is 4.18. The molecule has 0 atom stereocenters. The average Bonchev–Trinajstić information content (AvgIpc) is 3.29. The van der Waals surface area contributed by atoms with E-state index in [0.29, 0.717) is 16.9 Å². The second-order valence-electron chi connectivity index (χ2n) is 6.40. The Morgan fingerprint density at radius 3 is 2.50 bits per heavy atom. The molecule has 0 bridgehead atoms. The van der Waals surface area contributed by atoms with Crippen LogP contribution in [-0.4, -0.2) is 21.0 Å². The van der Waals surface area contributed by atoms with Crippen molar-refractivity contribution in [1.29, 1.82) is 0 Å². The summed E-state index contributed by atoms with van der Waals surface area (Å²) in [6.07, 6.45) is 4.04. The molecule has 0 fully saturated rings. The van der Waals surface area contributed by atoms with Crippen molar-refractivity contribution in [2.75, 3.05) is 0 Å². The summed E-state index contributed by atoms with van der Waals surface area (Å²) < 4.78 is 66.4. The third kappa shape index (κ3) is 6.76. The van der Waals surface area contributed by atoms with Crippen molar-refractivity contribution in [2.24, 2.45) is 0 Å². The molecular weight excluding hydrogens is 444 g/mol. The maximum atomic E-state index is 12.4. The van der Waals surface area contributed by atoms with Crippen LogP contribution in [0.1, 0.15) is 16.9 Å². The summed E-state index contributed by atoms with van der Waals surface area (Å²) in [5.74, 6) is -0.291. The van der Waals surface area contributed by atoms with Crippen LogP contribution in [0.15, 0.2) is 82.3 Å². The second kappa shape index (κ2) is 10.7. The molecule has 0 amide bonds. The van der Waals surface area contributed by atoms with E-state index in [4.69, 9.17) is 9.15 Å². The lowest BCUT2D eigenvalue weighted by Gasteiger charge is -2.10. The number of carbonyl (C=O) groups is 1. The first-order chi connectivity index (χ1) is 15.3. The van der Waals surface area contributed by atoms with Crippen LogP contribution in [0.2, 0.25) is 0 Å². The van der Waals surface area contributed by atoms with E-state index >= 15 is 0 Å². The Labute approximate surface area is 183 Å². The van der Waals surface area contributed by atoms with Gasteiger partial charge in [-0.1, -0.05) is 30.3 Å². The first kappa shape index (κ1) is 23.2. The first-order valence-corrected chi connectivity index (χ1v) is 10.8. The first-order valence-electron chi connectivity index (χ1n) is 9.33. The Bertz CT molecular complexity index is 1160. The molecule has 32 heavy (non-hydrogen) atoms. The maximum Gasteiger partial charge on any atom is 0.387 e. The molecule has 0 unspecified atom stereocenters. The molecular formula is C22H19F2NO6S. The highest BCUT2D eigenvalue weighted by molar-refractivity contribution is 7.89. The molecule has 0 saturated heterocycles. The van der Waals surface area contributed by atoms with Crippen molar-refractivity contribution in [2.45, 2.75) is 24.7 Å². The topological polar surface area (TPSA) is 94.8 Å². The van der Waals surface area contributed by atoms with Gasteiger partial charge in [0.25, 0.3) is 0 Å². The zero-order valence-electron chi connectivity index (χ0n) is 16.6. The number of alkyl halides is 2. The van der Waals surface area contributed by atoms with E-state index in [9.17, 15) is 22.0 Å². The van der Waals surface area contributed by atoms with Gasteiger partial charge in [0, 0.05) is 11.6 Å². The fraction of sp³-hybridized carbons (Fsp3) is 0.136. The van der Waals surface area contributed by atoms with Crippen molar-refractivity contribution in [3.05, 3.63) is 89.9 Å². The number of hydrogen-bond donors (Lipinski definition) is 1. The summed E-state index contributed by atoms with van der Waals surface area (Å²) in [6, 6.07) is 15.1. The highest BCUT2D eigenvalue weighted by Crippen LogP contribution is 2.21. The monoisotopic (exact) mass is 463 g/mol. The van der Waals surface area contributed by atoms with Gasteiger partial charge in [-0.3, -0.25) is 0 Å². The van der Waals surface area contributed by atoms with Gasteiger partial charge < -0.3 is 13.9 Å². The molecule has 0 aliphatic rings. The predicted octanol–water partition coefficient (Wildman–Crippen LogP) is 4.12. The molecule has 0 spiro atoms. The second-order valence-corrected chi connectivity index (χ2v) is 8.17. The van der Waals surface area contributed by atoms with Gasteiger partial charge in [-0.05, 0) is 42.0 Å². The summed E-state index contributed by atoms with van der Waals surface area (Å²) in [5, 5.41) is 0. The molecule has 1 N–H and O–H groups in total. The van der Waals surface area contributed by atoms with Crippen molar-refractivity contribution < 1.29 is 35.9 Å². The summed E-state index contributed by atoms with van der Waals surface area (Å²) in [4.78, 5) is 12.0. The SMILES string of the molecule is O=C(/C=C/c1ccc(S(=O)(=O)NCc2ccco2)cc1)OCc1ccccc1OC(F)F. The van der Waals surface area contributed by atoms with E-state index in [1.807, 2.05) is 0 Å². The highest BCUT2D eigenvalue weighted by atomic mass is 32.2. The van der Waals surface area contributed by atoms with Crippen LogP contribution in [0.4, 0.5) is 8.78 Å². The lowest BCUT2D eigenvalue weighted by Crippen LogP contribution is -2.22. The number of carbonyl (C=O) groups excluding carboxylic acids is 1. The summed E-state index contributed by atoms with van der Waals surface area (Å²) >= 11 is 0. The number of ether oxygens (including phenoxy) is 2.